The normalized spacial score (nSPS) is 15.7. The fraction of sp³-hybridized carbons (Fsp3) is 0.588. The van der Waals surface area contributed by atoms with Crippen LogP contribution in [0.1, 0.15) is 24.8 Å². The molecule has 2 N–H and O–H groups in total. The lowest BCUT2D eigenvalue weighted by molar-refractivity contribution is 0.232. The number of nitrogens with one attached hydrogen (secondary N) is 2. The van der Waals surface area contributed by atoms with Gasteiger partial charge < -0.3 is 20.3 Å². The monoisotopic (exact) mass is 432 g/mol. The zero-order valence-corrected chi connectivity index (χ0v) is 16.5. The van der Waals surface area contributed by atoms with E-state index in [-0.39, 0.29) is 24.0 Å². The zero-order chi connectivity index (χ0) is 15.6. The lowest BCUT2D eigenvalue weighted by atomic mass is 10.1. The van der Waals surface area contributed by atoms with Crippen LogP contribution >= 0.6 is 24.0 Å². The van der Waals surface area contributed by atoms with Crippen LogP contribution in [-0.2, 0) is 6.54 Å². The maximum Gasteiger partial charge on any atom is 0.191 e. The summed E-state index contributed by atoms with van der Waals surface area (Å²) in [5, 5.41) is 6.72. The Hall–Kier alpha value is -1.02. The third kappa shape index (κ3) is 7.39. The summed E-state index contributed by atoms with van der Waals surface area (Å²) < 4.78 is 5.24. The Balaban J connectivity index is 0.00000264. The summed E-state index contributed by atoms with van der Waals surface area (Å²) >= 11 is 0. The van der Waals surface area contributed by atoms with Crippen molar-refractivity contribution in [2.24, 2.45) is 4.99 Å². The summed E-state index contributed by atoms with van der Waals surface area (Å²) in [4.78, 5) is 6.79. The minimum absolute atomic E-state index is 0. The van der Waals surface area contributed by atoms with Gasteiger partial charge in [0.25, 0.3) is 0 Å². The summed E-state index contributed by atoms with van der Waals surface area (Å²) in [6.45, 7) is 5.22. The Bertz CT molecular complexity index is 475. The highest BCUT2D eigenvalue weighted by Gasteiger charge is 2.09. The highest BCUT2D eigenvalue weighted by atomic mass is 127. The molecule has 1 aliphatic heterocycles. The van der Waals surface area contributed by atoms with E-state index in [9.17, 15) is 0 Å². The number of aliphatic imine (C=N–C) groups is 1. The Labute approximate surface area is 156 Å². The van der Waals surface area contributed by atoms with E-state index in [0.717, 1.165) is 31.3 Å². The summed E-state index contributed by atoms with van der Waals surface area (Å²) in [6.07, 6.45) is 4.05. The van der Waals surface area contributed by atoms with Gasteiger partial charge in [0.05, 0.1) is 7.11 Å². The van der Waals surface area contributed by atoms with Gasteiger partial charge in [-0.2, -0.15) is 0 Å². The molecule has 0 amide bonds. The van der Waals surface area contributed by atoms with E-state index in [4.69, 9.17) is 4.74 Å². The van der Waals surface area contributed by atoms with Gasteiger partial charge in [0.1, 0.15) is 5.75 Å². The van der Waals surface area contributed by atoms with Crippen LogP contribution in [0.5, 0.6) is 5.75 Å². The molecule has 1 aromatic carbocycles. The zero-order valence-electron chi connectivity index (χ0n) is 14.2. The number of hydrogen-bond acceptors (Lipinski definition) is 3. The summed E-state index contributed by atoms with van der Waals surface area (Å²) in [7, 11) is 3.50. The van der Waals surface area contributed by atoms with Crippen LogP contribution in [0, 0.1) is 0 Å². The number of rotatable bonds is 6. The van der Waals surface area contributed by atoms with Crippen LogP contribution in [0.25, 0.3) is 0 Å². The second-order valence-corrected chi connectivity index (χ2v) is 5.61. The number of halogens is 1. The highest BCUT2D eigenvalue weighted by Crippen LogP contribution is 2.12. The molecule has 0 radical (unpaired) electrons. The van der Waals surface area contributed by atoms with Gasteiger partial charge in [0, 0.05) is 26.7 Å². The van der Waals surface area contributed by atoms with Gasteiger partial charge in [-0.05, 0) is 43.6 Å². The topological polar surface area (TPSA) is 48.9 Å². The molecule has 0 spiro atoms. The first-order chi connectivity index (χ1) is 10.8. The molecule has 1 saturated heterocycles. The van der Waals surface area contributed by atoms with Crippen LogP contribution in [-0.4, -0.2) is 51.2 Å². The maximum absolute atomic E-state index is 5.24. The van der Waals surface area contributed by atoms with E-state index >= 15 is 0 Å². The van der Waals surface area contributed by atoms with Crippen molar-refractivity contribution in [2.45, 2.75) is 25.8 Å². The summed E-state index contributed by atoms with van der Waals surface area (Å²) in [6, 6.07) is 8.07. The lowest BCUT2D eigenvalue weighted by Crippen LogP contribution is -2.42. The molecule has 0 aliphatic carbocycles. The molecule has 1 fully saturated rings. The first-order valence-corrected chi connectivity index (χ1v) is 8.11. The first-order valence-electron chi connectivity index (χ1n) is 8.11. The summed E-state index contributed by atoms with van der Waals surface area (Å²) in [5.74, 6) is 1.73. The Morgan fingerprint density at radius 1 is 1.22 bits per heavy atom. The SMILES string of the molecule is CN=C(NCCN1CCCCC1)NCc1cccc(OC)c1.I. The van der Waals surface area contributed by atoms with Crippen LogP contribution in [0.15, 0.2) is 29.3 Å². The number of likely N-dealkylation sites (tertiary alicyclic amines) is 1. The lowest BCUT2D eigenvalue weighted by Gasteiger charge is -2.26. The van der Waals surface area contributed by atoms with Gasteiger partial charge in [0.15, 0.2) is 5.96 Å². The molecular formula is C17H29IN4O. The number of ether oxygens (including phenoxy) is 1. The molecular weight excluding hydrogens is 403 g/mol. The second-order valence-electron chi connectivity index (χ2n) is 5.61. The van der Waals surface area contributed by atoms with Crippen molar-refractivity contribution in [3.05, 3.63) is 29.8 Å². The second kappa shape index (κ2) is 11.5. The smallest absolute Gasteiger partial charge is 0.191 e. The van der Waals surface area contributed by atoms with Crippen LogP contribution < -0.4 is 15.4 Å². The van der Waals surface area contributed by atoms with Gasteiger partial charge in [-0.15, -0.1) is 24.0 Å². The first kappa shape index (κ1) is 20.0. The molecule has 130 valence electrons. The largest absolute Gasteiger partial charge is 0.497 e. The predicted octanol–water partition coefficient (Wildman–Crippen LogP) is 2.46. The number of benzene rings is 1. The van der Waals surface area contributed by atoms with Crippen LogP contribution in [0.3, 0.4) is 0 Å². The van der Waals surface area contributed by atoms with Crippen molar-refractivity contribution in [3.8, 4) is 5.75 Å². The van der Waals surface area contributed by atoms with Gasteiger partial charge in [-0.3, -0.25) is 4.99 Å². The van der Waals surface area contributed by atoms with Crippen LogP contribution in [0.2, 0.25) is 0 Å². The van der Waals surface area contributed by atoms with Gasteiger partial charge in [-0.1, -0.05) is 18.6 Å². The number of hydrogen-bond donors (Lipinski definition) is 2. The predicted molar refractivity (Wildman–Crippen MR) is 107 cm³/mol. The van der Waals surface area contributed by atoms with Gasteiger partial charge in [0.2, 0.25) is 0 Å². The average Bonchev–Trinajstić information content (AvgIpc) is 2.59. The number of piperidine rings is 1. The van der Waals surface area contributed by atoms with Crippen LogP contribution in [0.4, 0.5) is 0 Å². The van der Waals surface area contributed by atoms with Crippen molar-refractivity contribution in [3.63, 3.8) is 0 Å². The number of methoxy groups -OCH3 is 1. The molecule has 2 rings (SSSR count). The highest BCUT2D eigenvalue weighted by molar-refractivity contribution is 14.0. The Morgan fingerprint density at radius 2 is 2.00 bits per heavy atom. The van der Waals surface area contributed by atoms with Crippen molar-refractivity contribution < 1.29 is 4.74 Å². The molecule has 0 aromatic heterocycles. The fourth-order valence-corrected chi connectivity index (χ4v) is 2.70. The van der Waals surface area contributed by atoms with E-state index in [1.165, 1.54) is 37.9 Å². The molecule has 1 heterocycles. The average molecular weight is 432 g/mol. The van der Waals surface area contributed by atoms with Crippen molar-refractivity contribution in [2.75, 3.05) is 40.3 Å². The number of nitrogens with zero attached hydrogens (tertiary/aromatic N) is 2. The molecule has 6 heteroatoms. The maximum atomic E-state index is 5.24. The molecule has 5 nitrogen and oxygen atoms in total. The third-order valence-electron chi connectivity index (χ3n) is 3.99. The summed E-state index contributed by atoms with van der Waals surface area (Å²) in [5.41, 5.74) is 1.18. The van der Waals surface area contributed by atoms with Gasteiger partial charge >= 0.3 is 0 Å². The molecule has 1 aromatic rings. The molecule has 1 aliphatic rings. The standard InChI is InChI=1S/C17H28N4O.HI/c1-18-17(19-9-12-21-10-4-3-5-11-21)20-14-15-7-6-8-16(13-15)22-2;/h6-8,13H,3-5,9-12,14H2,1-2H3,(H2,18,19,20);1H. The van der Waals surface area contributed by atoms with Crippen molar-refractivity contribution in [1.29, 1.82) is 0 Å². The van der Waals surface area contributed by atoms with E-state index in [1.807, 2.05) is 25.2 Å². The van der Waals surface area contributed by atoms with E-state index in [0.29, 0.717) is 0 Å². The molecule has 23 heavy (non-hydrogen) atoms. The Morgan fingerprint density at radius 3 is 2.70 bits per heavy atom. The molecule has 0 unspecified atom stereocenters. The van der Waals surface area contributed by atoms with E-state index in [1.54, 1.807) is 7.11 Å². The molecule has 0 bridgehead atoms. The number of guanidine groups is 1. The van der Waals surface area contributed by atoms with Crippen molar-refractivity contribution >= 4 is 29.9 Å². The third-order valence-corrected chi connectivity index (χ3v) is 3.99. The van der Waals surface area contributed by atoms with E-state index in [2.05, 4.69) is 26.6 Å². The van der Waals surface area contributed by atoms with Gasteiger partial charge in [-0.25, -0.2) is 0 Å². The van der Waals surface area contributed by atoms with E-state index < -0.39 is 0 Å². The van der Waals surface area contributed by atoms with Crippen molar-refractivity contribution in [1.82, 2.24) is 15.5 Å². The quantitative estimate of drug-likeness (QED) is 0.412. The minimum atomic E-state index is 0. The molecule has 0 saturated carbocycles. The Kier molecular flexibility index (Phi) is 10.0. The minimum Gasteiger partial charge on any atom is -0.497 e. The fourth-order valence-electron chi connectivity index (χ4n) is 2.70. The molecule has 0 atom stereocenters.